The minimum atomic E-state index is 0. The summed E-state index contributed by atoms with van der Waals surface area (Å²) in [4.78, 5) is 0. The summed E-state index contributed by atoms with van der Waals surface area (Å²) < 4.78 is 6.03. The zero-order valence-corrected chi connectivity index (χ0v) is 13.9. The van der Waals surface area contributed by atoms with Crippen LogP contribution in [0.2, 0.25) is 0 Å². The quantitative estimate of drug-likeness (QED) is 0.406. The fraction of sp³-hybridized carbons (Fsp3) is 0.929. The summed E-state index contributed by atoms with van der Waals surface area (Å²) in [6, 6.07) is 0. The first-order chi connectivity index (χ1) is 7.15. The number of halogens is 1. The third kappa shape index (κ3) is 7.24. The molecule has 1 aliphatic rings. The molecule has 0 radical (unpaired) electrons. The van der Waals surface area contributed by atoms with Crippen LogP contribution in [0.15, 0.2) is 0 Å². The van der Waals surface area contributed by atoms with Gasteiger partial charge < -0.3 is 24.1 Å². The van der Waals surface area contributed by atoms with E-state index in [0.29, 0.717) is 6.10 Å². The van der Waals surface area contributed by atoms with Gasteiger partial charge in [-0.15, -0.1) is 0 Å². The molecule has 0 aliphatic heterocycles. The van der Waals surface area contributed by atoms with Gasteiger partial charge in [-0.1, -0.05) is 33.6 Å². The van der Waals surface area contributed by atoms with Crippen LogP contribution in [0.1, 0.15) is 52.9 Å². The van der Waals surface area contributed by atoms with Gasteiger partial charge in [-0.05, 0) is 30.6 Å². The SMILES string of the molecule is [CH2-]CCCOC1CC(C)CCC1C(C)C.[Cl-].[Mg+2]. The van der Waals surface area contributed by atoms with Crippen LogP contribution in [0.25, 0.3) is 0 Å². The Bertz CT molecular complexity index is 176. The maximum absolute atomic E-state index is 6.03. The van der Waals surface area contributed by atoms with E-state index in [9.17, 15) is 0 Å². The van der Waals surface area contributed by atoms with Gasteiger partial charge >= 0.3 is 23.1 Å². The molecule has 0 saturated heterocycles. The van der Waals surface area contributed by atoms with E-state index in [2.05, 4.69) is 27.7 Å². The zero-order chi connectivity index (χ0) is 11.3. The molecule has 98 valence electrons. The minimum Gasteiger partial charge on any atom is -1.00 e. The molecule has 0 bridgehead atoms. The van der Waals surface area contributed by atoms with E-state index in [1.807, 2.05) is 0 Å². The normalized spacial score (nSPS) is 28.4. The van der Waals surface area contributed by atoms with Crippen molar-refractivity contribution in [2.75, 3.05) is 6.61 Å². The fourth-order valence-electron chi connectivity index (χ4n) is 2.64. The molecule has 0 aromatic heterocycles. The van der Waals surface area contributed by atoms with Crippen LogP contribution in [-0.4, -0.2) is 35.8 Å². The summed E-state index contributed by atoms with van der Waals surface area (Å²) in [5.41, 5.74) is 0. The molecule has 0 aromatic rings. The van der Waals surface area contributed by atoms with Gasteiger partial charge in [0.15, 0.2) is 0 Å². The Morgan fingerprint density at radius 2 is 1.94 bits per heavy atom. The van der Waals surface area contributed by atoms with Gasteiger partial charge in [-0.2, -0.15) is 6.42 Å². The first-order valence-electron chi connectivity index (χ1n) is 6.56. The smallest absolute Gasteiger partial charge is 1.00 e. The minimum absolute atomic E-state index is 0. The molecule has 1 fully saturated rings. The topological polar surface area (TPSA) is 9.23 Å². The van der Waals surface area contributed by atoms with Gasteiger partial charge in [-0.25, -0.2) is 0 Å². The molecular weight excluding hydrogens is 244 g/mol. The Balaban J connectivity index is 0. The summed E-state index contributed by atoms with van der Waals surface area (Å²) in [6.07, 6.45) is 6.62. The molecule has 1 rings (SSSR count). The Morgan fingerprint density at radius 3 is 2.47 bits per heavy atom. The molecule has 17 heavy (non-hydrogen) atoms. The maximum Gasteiger partial charge on any atom is 2.00 e. The molecule has 0 aromatic carbocycles. The van der Waals surface area contributed by atoms with Crippen LogP contribution in [0.5, 0.6) is 0 Å². The first kappa shape index (κ1) is 20.3. The van der Waals surface area contributed by atoms with E-state index < -0.39 is 0 Å². The van der Waals surface area contributed by atoms with Crippen LogP contribution in [0.3, 0.4) is 0 Å². The summed E-state index contributed by atoms with van der Waals surface area (Å²) in [5, 5.41) is 0. The molecule has 0 spiro atoms. The summed E-state index contributed by atoms with van der Waals surface area (Å²) in [6.45, 7) is 11.8. The van der Waals surface area contributed by atoms with Gasteiger partial charge in [-0.3, -0.25) is 0 Å². The van der Waals surface area contributed by atoms with Gasteiger partial charge in [0.1, 0.15) is 0 Å². The van der Waals surface area contributed by atoms with E-state index >= 15 is 0 Å². The number of ether oxygens (including phenoxy) is 1. The predicted molar refractivity (Wildman–Crippen MR) is 71.4 cm³/mol. The Kier molecular flexibility index (Phi) is 13.0. The van der Waals surface area contributed by atoms with Gasteiger partial charge in [0.25, 0.3) is 0 Å². The van der Waals surface area contributed by atoms with Gasteiger partial charge in [0.2, 0.25) is 0 Å². The van der Waals surface area contributed by atoms with E-state index in [0.717, 1.165) is 37.2 Å². The van der Waals surface area contributed by atoms with E-state index in [1.165, 1.54) is 19.3 Å². The Labute approximate surface area is 130 Å². The third-order valence-corrected chi connectivity index (χ3v) is 3.69. The molecule has 0 N–H and O–H groups in total. The standard InChI is InChI=1S/C14H27O.ClH.Mg/c1-5-6-9-15-14-10-12(4)7-8-13(14)11(2)3;;/h11-14H,1,5-10H2,2-4H3;1H;/q-1;;+2/p-1. The zero-order valence-electron chi connectivity index (χ0n) is 11.8. The van der Waals surface area contributed by atoms with Crippen molar-refractivity contribution in [1.29, 1.82) is 0 Å². The predicted octanol–water partition coefficient (Wildman–Crippen LogP) is 0.701. The third-order valence-electron chi connectivity index (χ3n) is 3.69. The Morgan fingerprint density at radius 1 is 1.29 bits per heavy atom. The molecule has 1 saturated carbocycles. The van der Waals surface area contributed by atoms with Crippen molar-refractivity contribution >= 4 is 23.1 Å². The molecule has 0 heterocycles. The van der Waals surface area contributed by atoms with Crippen molar-refractivity contribution in [2.45, 2.75) is 59.0 Å². The molecule has 3 unspecified atom stereocenters. The Hall–Kier alpha value is 1.02. The molecule has 0 amide bonds. The van der Waals surface area contributed by atoms with Crippen molar-refractivity contribution in [1.82, 2.24) is 0 Å². The average Bonchev–Trinajstić information content (AvgIpc) is 2.18. The number of unbranched alkanes of at least 4 members (excludes halogenated alkanes) is 1. The van der Waals surface area contributed by atoms with E-state index in [1.54, 1.807) is 0 Å². The van der Waals surface area contributed by atoms with Crippen molar-refractivity contribution < 1.29 is 17.1 Å². The van der Waals surface area contributed by atoms with Crippen LogP contribution in [0, 0.1) is 24.7 Å². The second kappa shape index (κ2) is 10.9. The van der Waals surface area contributed by atoms with Crippen LogP contribution < -0.4 is 12.4 Å². The largest absolute Gasteiger partial charge is 2.00 e. The maximum atomic E-state index is 6.03. The van der Waals surface area contributed by atoms with Crippen molar-refractivity contribution in [2.24, 2.45) is 17.8 Å². The van der Waals surface area contributed by atoms with Gasteiger partial charge in [0.05, 0.1) is 6.10 Å². The number of hydrogen-bond acceptors (Lipinski definition) is 1. The van der Waals surface area contributed by atoms with Crippen LogP contribution >= 0.6 is 0 Å². The monoisotopic (exact) mass is 270 g/mol. The molecule has 1 nitrogen and oxygen atoms in total. The number of rotatable bonds is 5. The summed E-state index contributed by atoms with van der Waals surface area (Å²) in [7, 11) is 0. The van der Waals surface area contributed by atoms with E-state index in [-0.39, 0.29) is 35.5 Å². The second-order valence-corrected chi connectivity index (χ2v) is 5.44. The fourth-order valence-corrected chi connectivity index (χ4v) is 2.64. The van der Waals surface area contributed by atoms with Crippen molar-refractivity contribution in [3.63, 3.8) is 0 Å². The van der Waals surface area contributed by atoms with Crippen molar-refractivity contribution in [3.8, 4) is 0 Å². The second-order valence-electron chi connectivity index (χ2n) is 5.44. The summed E-state index contributed by atoms with van der Waals surface area (Å²) in [5.74, 6) is 2.40. The summed E-state index contributed by atoms with van der Waals surface area (Å²) >= 11 is 0. The molecule has 3 atom stereocenters. The van der Waals surface area contributed by atoms with Crippen molar-refractivity contribution in [3.05, 3.63) is 6.92 Å². The molecule has 1 aliphatic carbocycles. The molecular formula is C14H27ClMgO. The molecule has 3 heteroatoms. The van der Waals surface area contributed by atoms with Gasteiger partial charge in [0, 0.05) is 6.61 Å². The van der Waals surface area contributed by atoms with E-state index in [4.69, 9.17) is 4.74 Å². The van der Waals surface area contributed by atoms with Crippen LogP contribution in [-0.2, 0) is 4.74 Å². The number of hydrogen-bond donors (Lipinski definition) is 0. The average molecular weight is 271 g/mol. The van der Waals surface area contributed by atoms with Crippen LogP contribution in [0.4, 0.5) is 0 Å². The first-order valence-corrected chi connectivity index (χ1v) is 6.56.